The van der Waals surface area contributed by atoms with Crippen LogP contribution in [0.4, 0.5) is 4.39 Å². The maximum Gasteiger partial charge on any atom is 0.294 e. The summed E-state index contributed by atoms with van der Waals surface area (Å²) < 4.78 is 42.6. The van der Waals surface area contributed by atoms with E-state index >= 15 is 0 Å². The Kier molecular flexibility index (Phi) is 13.1. The van der Waals surface area contributed by atoms with Crippen LogP contribution in [-0.2, 0) is 16.5 Å². The third kappa shape index (κ3) is 13.1. The van der Waals surface area contributed by atoms with Gasteiger partial charge in [-0.2, -0.15) is 8.42 Å². The molecule has 0 aliphatic carbocycles. The van der Waals surface area contributed by atoms with Gasteiger partial charge in [0, 0.05) is 6.20 Å². The van der Waals surface area contributed by atoms with Crippen molar-refractivity contribution in [2.75, 3.05) is 0 Å². The summed E-state index contributed by atoms with van der Waals surface area (Å²) in [7, 11) is -4.06. The van der Waals surface area contributed by atoms with Crippen LogP contribution in [0, 0.1) is 5.82 Å². The standard InChI is InChI=1S/C18H30O3S.C5H4FN/c1-2-3-4-5-6-7-8-9-10-11-12-17-13-15-18(16-14-17)22(19,20)21;6-5-2-1-3-7-4-5/h13-16H,2-12H2,1H3,(H,19,20,21);1-4H. The van der Waals surface area contributed by atoms with Crippen LogP contribution in [0.15, 0.2) is 53.7 Å². The molecule has 0 saturated heterocycles. The van der Waals surface area contributed by atoms with Crippen LogP contribution in [0.1, 0.15) is 76.7 Å². The Balaban J connectivity index is 0.000000502. The fraction of sp³-hybridized carbons (Fsp3) is 0.522. The van der Waals surface area contributed by atoms with Crippen LogP contribution >= 0.6 is 0 Å². The van der Waals surface area contributed by atoms with Gasteiger partial charge in [0.2, 0.25) is 0 Å². The molecule has 1 aromatic carbocycles. The molecule has 1 heterocycles. The van der Waals surface area contributed by atoms with Gasteiger partial charge in [0.1, 0.15) is 5.82 Å². The summed E-state index contributed by atoms with van der Waals surface area (Å²) in [4.78, 5) is 3.48. The third-order valence-corrected chi connectivity index (χ3v) is 5.53. The van der Waals surface area contributed by atoms with E-state index in [9.17, 15) is 12.8 Å². The number of hydrogen-bond donors (Lipinski definition) is 1. The molecule has 0 spiro atoms. The fourth-order valence-electron chi connectivity index (χ4n) is 2.99. The van der Waals surface area contributed by atoms with E-state index in [1.54, 1.807) is 18.2 Å². The lowest BCUT2D eigenvalue weighted by Gasteiger charge is -2.04. The highest BCUT2D eigenvalue weighted by molar-refractivity contribution is 7.85. The molecular weight excluding hydrogens is 389 g/mol. The lowest BCUT2D eigenvalue weighted by Crippen LogP contribution is -1.98. The van der Waals surface area contributed by atoms with Crippen LogP contribution in [-0.4, -0.2) is 18.0 Å². The summed E-state index contributed by atoms with van der Waals surface area (Å²) >= 11 is 0. The SMILES string of the molecule is CCCCCCCCCCCCc1ccc(S(=O)(=O)O)cc1.Fc1cccnc1. The van der Waals surface area contributed by atoms with Crippen LogP contribution in [0.25, 0.3) is 0 Å². The highest BCUT2D eigenvalue weighted by atomic mass is 32.2. The molecule has 162 valence electrons. The molecule has 2 aromatic rings. The van der Waals surface area contributed by atoms with Gasteiger partial charge in [0.25, 0.3) is 10.1 Å². The van der Waals surface area contributed by atoms with Crippen molar-refractivity contribution in [2.24, 2.45) is 0 Å². The molecule has 0 radical (unpaired) electrons. The number of benzene rings is 1. The summed E-state index contributed by atoms with van der Waals surface area (Å²) in [5.41, 5.74) is 1.13. The molecule has 0 bridgehead atoms. The van der Waals surface area contributed by atoms with Gasteiger partial charge in [-0.3, -0.25) is 9.54 Å². The number of aromatic nitrogens is 1. The minimum Gasteiger partial charge on any atom is -0.282 e. The Labute approximate surface area is 175 Å². The molecule has 0 unspecified atom stereocenters. The van der Waals surface area contributed by atoms with Crippen molar-refractivity contribution in [2.45, 2.75) is 82.4 Å². The van der Waals surface area contributed by atoms with Crippen molar-refractivity contribution >= 4 is 10.1 Å². The second-order valence-corrected chi connectivity index (χ2v) is 8.64. The van der Waals surface area contributed by atoms with Gasteiger partial charge in [-0.05, 0) is 42.7 Å². The highest BCUT2D eigenvalue weighted by Gasteiger charge is 2.08. The molecule has 29 heavy (non-hydrogen) atoms. The molecule has 1 aromatic heterocycles. The predicted molar refractivity (Wildman–Crippen MR) is 116 cm³/mol. The van der Waals surface area contributed by atoms with Crippen LogP contribution in [0.3, 0.4) is 0 Å². The first-order valence-electron chi connectivity index (χ1n) is 10.6. The molecular formula is C23H34FNO3S. The number of halogens is 1. The number of pyridine rings is 1. The quantitative estimate of drug-likeness (QED) is 0.308. The Morgan fingerprint density at radius 2 is 1.41 bits per heavy atom. The van der Waals surface area contributed by atoms with Gasteiger partial charge in [0.15, 0.2) is 0 Å². The molecule has 0 amide bonds. The monoisotopic (exact) mass is 423 g/mol. The average molecular weight is 424 g/mol. The average Bonchev–Trinajstić information content (AvgIpc) is 2.70. The van der Waals surface area contributed by atoms with Gasteiger partial charge in [-0.1, -0.05) is 76.8 Å². The third-order valence-electron chi connectivity index (χ3n) is 4.67. The molecule has 6 heteroatoms. The lowest BCUT2D eigenvalue weighted by molar-refractivity contribution is 0.483. The van der Waals surface area contributed by atoms with E-state index in [4.69, 9.17) is 4.55 Å². The van der Waals surface area contributed by atoms with Crippen LogP contribution in [0.2, 0.25) is 0 Å². The highest BCUT2D eigenvalue weighted by Crippen LogP contribution is 2.14. The van der Waals surface area contributed by atoms with E-state index in [0.717, 1.165) is 18.4 Å². The second-order valence-electron chi connectivity index (χ2n) is 7.22. The smallest absolute Gasteiger partial charge is 0.282 e. The van der Waals surface area contributed by atoms with E-state index in [0.29, 0.717) is 0 Å². The van der Waals surface area contributed by atoms with Gasteiger partial charge in [-0.15, -0.1) is 0 Å². The Morgan fingerprint density at radius 1 is 0.862 bits per heavy atom. The summed E-state index contributed by atoms with van der Waals surface area (Å²) in [6.07, 6.45) is 16.8. The molecule has 0 atom stereocenters. The lowest BCUT2D eigenvalue weighted by atomic mass is 10.0. The molecule has 2 rings (SSSR count). The molecule has 0 aliphatic rings. The first-order valence-corrected chi connectivity index (χ1v) is 12.0. The summed E-state index contributed by atoms with van der Waals surface area (Å²) in [6, 6.07) is 9.43. The van der Waals surface area contributed by atoms with Gasteiger partial charge in [-0.25, -0.2) is 4.39 Å². The number of unbranched alkanes of at least 4 members (excludes halogenated alkanes) is 9. The maximum atomic E-state index is 11.8. The number of nitrogens with zero attached hydrogens (tertiary/aromatic N) is 1. The maximum absolute atomic E-state index is 11.8. The second kappa shape index (κ2) is 15.1. The van der Waals surface area contributed by atoms with Crippen LogP contribution in [0.5, 0.6) is 0 Å². The number of rotatable bonds is 12. The van der Waals surface area contributed by atoms with E-state index in [1.807, 2.05) is 0 Å². The van der Waals surface area contributed by atoms with E-state index < -0.39 is 10.1 Å². The molecule has 1 N–H and O–H groups in total. The number of hydrogen-bond acceptors (Lipinski definition) is 3. The molecule has 0 aliphatic heterocycles. The normalized spacial score (nSPS) is 11.0. The van der Waals surface area contributed by atoms with Gasteiger partial charge < -0.3 is 0 Å². The Hall–Kier alpha value is -1.79. The predicted octanol–water partition coefficient (Wildman–Crippen LogP) is 6.62. The zero-order valence-corrected chi connectivity index (χ0v) is 18.2. The van der Waals surface area contributed by atoms with Crippen molar-refractivity contribution in [3.8, 4) is 0 Å². The van der Waals surface area contributed by atoms with E-state index in [-0.39, 0.29) is 10.7 Å². The molecule has 0 fully saturated rings. The van der Waals surface area contributed by atoms with E-state index in [2.05, 4.69) is 11.9 Å². The van der Waals surface area contributed by atoms with Gasteiger partial charge in [0.05, 0.1) is 11.1 Å². The Bertz CT molecular complexity index is 749. The Morgan fingerprint density at radius 3 is 1.83 bits per heavy atom. The summed E-state index contributed by atoms with van der Waals surface area (Å²) in [6.45, 7) is 2.25. The molecule has 4 nitrogen and oxygen atoms in total. The summed E-state index contributed by atoms with van der Waals surface area (Å²) in [5, 5.41) is 0. The minimum absolute atomic E-state index is 0.0284. The fourth-order valence-corrected chi connectivity index (χ4v) is 3.47. The van der Waals surface area contributed by atoms with Crippen LogP contribution < -0.4 is 0 Å². The first kappa shape index (κ1) is 25.2. The zero-order valence-electron chi connectivity index (χ0n) is 17.4. The van der Waals surface area contributed by atoms with Crippen molar-refractivity contribution < 1.29 is 17.4 Å². The topological polar surface area (TPSA) is 67.3 Å². The van der Waals surface area contributed by atoms with Gasteiger partial charge >= 0.3 is 0 Å². The number of aryl methyl sites for hydroxylation is 1. The first-order chi connectivity index (χ1) is 13.9. The van der Waals surface area contributed by atoms with Crippen molar-refractivity contribution in [3.63, 3.8) is 0 Å². The van der Waals surface area contributed by atoms with E-state index in [1.165, 1.54) is 88.4 Å². The zero-order chi connectivity index (χ0) is 21.4. The van der Waals surface area contributed by atoms with Crippen molar-refractivity contribution in [3.05, 3.63) is 60.2 Å². The summed E-state index contributed by atoms with van der Waals surface area (Å²) in [5.74, 6) is -0.289. The van der Waals surface area contributed by atoms with Crippen molar-refractivity contribution in [1.82, 2.24) is 4.98 Å². The largest absolute Gasteiger partial charge is 0.294 e. The van der Waals surface area contributed by atoms with Crippen molar-refractivity contribution in [1.29, 1.82) is 0 Å². The molecule has 0 saturated carbocycles. The minimum atomic E-state index is -4.06.